The fourth-order valence-corrected chi connectivity index (χ4v) is 5.08. The molecular weight excluding hydrogens is 397 g/mol. The largest absolute Gasteiger partial charge is 0.359 e. The van der Waals surface area contributed by atoms with E-state index in [1.807, 2.05) is 4.90 Å². The molecule has 156 valence electrons. The van der Waals surface area contributed by atoms with E-state index >= 15 is 0 Å². The average molecular weight is 421 g/mol. The second-order valence-corrected chi connectivity index (χ2v) is 9.85. The van der Waals surface area contributed by atoms with Crippen molar-refractivity contribution in [3.8, 4) is 0 Å². The van der Waals surface area contributed by atoms with Crippen molar-refractivity contribution >= 4 is 21.4 Å². The molecular formula is C20H24FN3O4S. The Labute approximate surface area is 169 Å². The second-order valence-electron chi connectivity index (χ2n) is 8.17. The zero-order chi connectivity index (χ0) is 21.4. The van der Waals surface area contributed by atoms with Gasteiger partial charge in [0.05, 0.1) is 15.9 Å². The van der Waals surface area contributed by atoms with E-state index in [1.54, 1.807) is 32.9 Å². The molecule has 1 aliphatic rings. The monoisotopic (exact) mass is 421 g/mol. The maximum atomic E-state index is 13.7. The molecule has 0 aromatic heterocycles. The number of rotatable bonds is 5. The van der Waals surface area contributed by atoms with E-state index in [0.29, 0.717) is 12.2 Å². The molecule has 0 aliphatic carbocycles. The molecule has 1 heterocycles. The summed E-state index contributed by atoms with van der Waals surface area (Å²) in [6.07, 6.45) is 1.52. The molecule has 9 heteroatoms. The average Bonchev–Trinajstić information content (AvgIpc) is 3.08. The lowest BCUT2D eigenvalue weighted by atomic mass is 10.0. The number of benzene rings is 2. The van der Waals surface area contributed by atoms with Crippen LogP contribution >= 0.6 is 0 Å². The summed E-state index contributed by atoms with van der Waals surface area (Å²) in [5.41, 5.74) is 0.0634. The first-order chi connectivity index (χ1) is 13.5. The number of hydrogen-bond acceptors (Lipinski definition) is 5. The molecule has 0 spiro atoms. The Morgan fingerprint density at radius 2 is 1.93 bits per heavy atom. The zero-order valence-electron chi connectivity index (χ0n) is 16.6. The summed E-state index contributed by atoms with van der Waals surface area (Å²) in [6.45, 7) is 5.65. The first-order valence-electron chi connectivity index (χ1n) is 9.32. The first kappa shape index (κ1) is 21.2. The quantitative estimate of drug-likeness (QED) is 0.578. The van der Waals surface area contributed by atoms with Crippen LogP contribution in [0.5, 0.6) is 0 Å². The first-order valence-corrected chi connectivity index (χ1v) is 10.8. The van der Waals surface area contributed by atoms with Gasteiger partial charge in [-0.05, 0) is 63.4 Å². The SMILES string of the molecule is CC(C)(C)NS(=O)(=O)c1ccc(N2CCCC2c2cccc(F)c2)c([N+](=O)[O-])c1. The van der Waals surface area contributed by atoms with Gasteiger partial charge in [0.15, 0.2) is 0 Å². The smallest absolute Gasteiger partial charge is 0.293 e. The topological polar surface area (TPSA) is 92.6 Å². The summed E-state index contributed by atoms with van der Waals surface area (Å²) in [5.74, 6) is -0.362. The molecule has 2 aromatic carbocycles. The van der Waals surface area contributed by atoms with Crippen molar-refractivity contribution in [2.45, 2.75) is 50.1 Å². The summed E-state index contributed by atoms with van der Waals surface area (Å²) in [4.78, 5) is 12.9. The van der Waals surface area contributed by atoms with Gasteiger partial charge in [0.2, 0.25) is 10.0 Å². The van der Waals surface area contributed by atoms with Gasteiger partial charge in [-0.15, -0.1) is 0 Å². The van der Waals surface area contributed by atoms with Crippen molar-refractivity contribution in [1.82, 2.24) is 4.72 Å². The molecule has 0 radical (unpaired) electrons. The van der Waals surface area contributed by atoms with Gasteiger partial charge in [0.25, 0.3) is 5.69 Å². The van der Waals surface area contributed by atoms with Crippen molar-refractivity contribution in [1.29, 1.82) is 0 Å². The lowest BCUT2D eigenvalue weighted by Crippen LogP contribution is -2.40. The van der Waals surface area contributed by atoms with Crippen molar-refractivity contribution < 1.29 is 17.7 Å². The standard InChI is InChI=1S/C20H24FN3O4S/c1-20(2,3)22-29(27,28)16-9-10-18(19(13-16)24(25)26)23-11-5-8-17(23)14-6-4-7-15(21)12-14/h4,6-7,9-10,12-13,17,22H,5,8,11H2,1-3H3. The van der Waals surface area contributed by atoms with Gasteiger partial charge in [0, 0.05) is 18.2 Å². The maximum Gasteiger partial charge on any atom is 0.293 e. The van der Waals surface area contributed by atoms with Gasteiger partial charge in [-0.25, -0.2) is 17.5 Å². The molecule has 2 aromatic rings. The zero-order valence-corrected chi connectivity index (χ0v) is 17.4. The molecule has 3 rings (SSSR count). The molecule has 7 nitrogen and oxygen atoms in total. The highest BCUT2D eigenvalue weighted by atomic mass is 32.2. The molecule has 0 saturated carbocycles. The molecule has 1 aliphatic heterocycles. The third-order valence-electron chi connectivity index (χ3n) is 4.69. The number of nitro groups is 1. The lowest BCUT2D eigenvalue weighted by Gasteiger charge is -2.27. The molecule has 0 bridgehead atoms. The Morgan fingerprint density at radius 1 is 1.21 bits per heavy atom. The highest BCUT2D eigenvalue weighted by Gasteiger charge is 2.33. The number of halogens is 1. The Morgan fingerprint density at radius 3 is 2.55 bits per heavy atom. The van der Waals surface area contributed by atoms with E-state index in [1.165, 1.54) is 24.3 Å². The fraction of sp³-hybridized carbons (Fsp3) is 0.400. The Balaban J connectivity index is 2.02. The summed E-state index contributed by atoms with van der Waals surface area (Å²) in [5, 5.41) is 11.7. The molecule has 0 amide bonds. The predicted molar refractivity (Wildman–Crippen MR) is 109 cm³/mol. The third-order valence-corrected chi connectivity index (χ3v) is 6.45. The van der Waals surface area contributed by atoms with E-state index in [9.17, 15) is 22.9 Å². The van der Waals surface area contributed by atoms with Crippen LogP contribution in [0.4, 0.5) is 15.8 Å². The van der Waals surface area contributed by atoms with Crippen molar-refractivity contribution in [3.63, 3.8) is 0 Å². The summed E-state index contributed by atoms with van der Waals surface area (Å²) in [7, 11) is -3.91. The van der Waals surface area contributed by atoms with E-state index in [0.717, 1.165) is 24.5 Å². The number of nitrogens with zero attached hydrogens (tertiary/aromatic N) is 2. The molecule has 1 N–H and O–H groups in total. The number of nitro benzene ring substituents is 1. The van der Waals surface area contributed by atoms with Crippen LogP contribution in [-0.2, 0) is 10.0 Å². The Hall–Kier alpha value is -2.52. The second kappa shape index (κ2) is 7.72. The van der Waals surface area contributed by atoms with E-state index in [2.05, 4.69) is 4.72 Å². The molecule has 1 unspecified atom stereocenters. The van der Waals surface area contributed by atoms with Crippen LogP contribution in [0.1, 0.15) is 45.2 Å². The molecule has 1 atom stereocenters. The lowest BCUT2D eigenvalue weighted by molar-refractivity contribution is -0.384. The van der Waals surface area contributed by atoms with E-state index in [4.69, 9.17) is 0 Å². The number of nitrogens with one attached hydrogen (secondary N) is 1. The van der Waals surface area contributed by atoms with Crippen LogP contribution in [-0.4, -0.2) is 25.4 Å². The van der Waals surface area contributed by atoms with Gasteiger partial charge in [-0.3, -0.25) is 10.1 Å². The minimum atomic E-state index is -3.91. The minimum Gasteiger partial charge on any atom is -0.359 e. The van der Waals surface area contributed by atoms with Crippen LogP contribution in [0, 0.1) is 15.9 Å². The third kappa shape index (κ3) is 4.73. The Kier molecular flexibility index (Phi) is 5.64. The Bertz CT molecular complexity index is 1030. The van der Waals surface area contributed by atoms with Crippen LogP contribution in [0.15, 0.2) is 47.4 Å². The summed E-state index contributed by atoms with van der Waals surface area (Å²) in [6, 6.07) is 9.91. The predicted octanol–water partition coefficient (Wildman–Crippen LogP) is 4.15. The van der Waals surface area contributed by atoms with Gasteiger partial charge in [-0.2, -0.15) is 0 Å². The summed E-state index contributed by atoms with van der Waals surface area (Å²) >= 11 is 0. The van der Waals surface area contributed by atoms with Crippen LogP contribution in [0.2, 0.25) is 0 Å². The molecule has 29 heavy (non-hydrogen) atoms. The van der Waals surface area contributed by atoms with Crippen LogP contribution in [0.3, 0.4) is 0 Å². The van der Waals surface area contributed by atoms with E-state index in [-0.39, 0.29) is 22.4 Å². The van der Waals surface area contributed by atoms with Gasteiger partial charge < -0.3 is 4.90 Å². The normalized spacial score (nSPS) is 17.5. The number of hydrogen-bond donors (Lipinski definition) is 1. The highest BCUT2D eigenvalue weighted by Crippen LogP contribution is 2.41. The number of sulfonamides is 1. The summed E-state index contributed by atoms with van der Waals surface area (Å²) < 4.78 is 41.4. The maximum absolute atomic E-state index is 13.7. The van der Waals surface area contributed by atoms with Gasteiger partial charge in [0.1, 0.15) is 11.5 Å². The van der Waals surface area contributed by atoms with Crippen molar-refractivity contribution in [2.75, 3.05) is 11.4 Å². The molecule has 1 fully saturated rings. The van der Waals surface area contributed by atoms with Crippen molar-refractivity contribution in [2.24, 2.45) is 0 Å². The van der Waals surface area contributed by atoms with Gasteiger partial charge in [-0.1, -0.05) is 12.1 Å². The van der Waals surface area contributed by atoms with Crippen LogP contribution < -0.4 is 9.62 Å². The fourth-order valence-electron chi connectivity index (χ4n) is 3.64. The number of anilines is 1. The molecule has 1 saturated heterocycles. The van der Waals surface area contributed by atoms with Crippen molar-refractivity contribution in [3.05, 3.63) is 64.0 Å². The highest BCUT2D eigenvalue weighted by molar-refractivity contribution is 7.89. The van der Waals surface area contributed by atoms with E-state index < -0.39 is 20.5 Å². The van der Waals surface area contributed by atoms with Crippen LogP contribution in [0.25, 0.3) is 0 Å². The minimum absolute atomic E-state index is 0.163. The van der Waals surface area contributed by atoms with Gasteiger partial charge >= 0.3 is 0 Å².